The normalized spacial score (nSPS) is 10.8. The number of carbonyl (C=O) groups is 1. The number of amides is 1. The summed E-state index contributed by atoms with van der Waals surface area (Å²) in [5, 5.41) is 4.51. The molecule has 152 valence electrons. The van der Waals surface area contributed by atoms with E-state index in [4.69, 9.17) is 21.1 Å². The Kier molecular flexibility index (Phi) is 7.33. The molecule has 0 saturated heterocycles. The van der Waals surface area contributed by atoms with Crippen molar-refractivity contribution in [3.8, 4) is 5.75 Å². The zero-order valence-corrected chi connectivity index (χ0v) is 17.2. The van der Waals surface area contributed by atoms with E-state index >= 15 is 0 Å². The average Bonchev–Trinajstić information content (AvgIpc) is 3.10. The van der Waals surface area contributed by atoms with Crippen LogP contribution in [0.3, 0.4) is 0 Å². The van der Waals surface area contributed by atoms with Crippen molar-refractivity contribution in [1.82, 2.24) is 9.88 Å². The maximum Gasteiger partial charge on any atom is 0.267 e. The Bertz CT molecular complexity index is 997. The van der Waals surface area contributed by atoms with Gasteiger partial charge in [0, 0.05) is 37.2 Å². The molecule has 0 aliphatic carbocycles. The number of nitrogens with one attached hydrogen (secondary N) is 1. The summed E-state index contributed by atoms with van der Waals surface area (Å²) in [4.78, 5) is 12.9. The topological polar surface area (TPSA) is 52.5 Å². The highest BCUT2D eigenvalue weighted by atomic mass is 35.5. The number of carbonyl (C=O) groups excluding carboxylic acids is 1. The zero-order chi connectivity index (χ0) is 20.6. The Hall–Kier alpha value is -2.76. The summed E-state index contributed by atoms with van der Waals surface area (Å²) in [5.41, 5.74) is 2.41. The number of halogens is 1. The van der Waals surface area contributed by atoms with Gasteiger partial charge in [0.05, 0.1) is 5.52 Å². The monoisotopic (exact) mass is 412 g/mol. The van der Waals surface area contributed by atoms with Crippen LogP contribution in [0.1, 0.15) is 22.5 Å². The van der Waals surface area contributed by atoms with Crippen LogP contribution in [0.4, 0.5) is 0 Å². The maximum atomic E-state index is 12.9. The molecule has 2 aromatic carbocycles. The smallest absolute Gasteiger partial charge is 0.267 e. The van der Waals surface area contributed by atoms with Crippen molar-refractivity contribution in [1.29, 1.82) is 0 Å². The highest BCUT2D eigenvalue weighted by Crippen LogP contribution is 2.30. The molecule has 5 nitrogen and oxygen atoms in total. The van der Waals surface area contributed by atoms with E-state index in [1.165, 1.54) is 0 Å². The fourth-order valence-electron chi connectivity index (χ4n) is 3.20. The first-order valence-corrected chi connectivity index (χ1v) is 9.90. The first kappa shape index (κ1) is 21.0. The number of methoxy groups -OCH3 is 1. The van der Waals surface area contributed by atoms with Crippen molar-refractivity contribution >= 4 is 28.4 Å². The van der Waals surface area contributed by atoms with E-state index in [1.54, 1.807) is 13.2 Å². The lowest BCUT2D eigenvalue weighted by molar-refractivity contribution is 0.0940. The molecule has 3 rings (SSSR count). The second-order valence-corrected chi connectivity index (χ2v) is 7.01. The summed E-state index contributed by atoms with van der Waals surface area (Å²) < 4.78 is 12.8. The van der Waals surface area contributed by atoms with Crippen LogP contribution in [-0.2, 0) is 11.3 Å². The van der Waals surface area contributed by atoms with Gasteiger partial charge in [-0.15, -0.1) is 0 Å². The highest BCUT2D eigenvalue weighted by Gasteiger charge is 2.18. The highest BCUT2D eigenvalue weighted by molar-refractivity contribution is 6.31. The molecule has 1 aromatic heterocycles. The minimum absolute atomic E-state index is 0.140. The molecule has 0 spiro atoms. The summed E-state index contributed by atoms with van der Waals surface area (Å²) in [6.07, 6.45) is 2.45. The van der Waals surface area contributed by atoms with Crippen molar-refractivity contribution in [3.63, 3.8) is 0 Å². The lowest BCUT2D eigenvalue weighted by Gasteiger charge is -2.13. The zero-order valence-electron chi connectivity index (χ0n) is 16.5. The van der Waals surface area contributed by atoms with Gasteiger partial charge < -0.3 is 19.4 Å². The van der Waals surface area contributed by atoms with Crippen LogP contribution in [0, 0.1) is 0 Å². The van der Waals surface area contributed by atoms with Crippen LogP contribution in [0.15, 0.2) is 61.2 Å². The number of hydrogen-bond donors (Lipinski definition) is 1. The van der Waals surface area contributed by atoms with Gasteiger partial charge in [0.25, 0.3) is 5.91 Å². The molecule has 0 aliphatic rings. The third-order valence-electron chi connectivity index (χ3n) is 4.59. The van der Waals surface area contributed by atoms with Gasteiger partial charge in [-0.25, -0.2) is 0 Å². The molecule has 0 saturated carbocycles. The second kappa shape index (κ2) is 10.1. The molecule has 1 heterocycles. The standard InChI is InChI=1S/C23H25ClN2O3/c1-3-13-29-22-11-6-10-20-18(22)15-21(23(27)25-12-7-14-28-2)26(20)16-17-8-4-5-9-19(17)24/h3-6,8-11,15H,1,7,12-14,16H2,2H3,(H,25,27). The molecule has 0 aliphatic heterocycles. The number of ether oxygens (including phenoxy) is 2. The van der Waals surface area contributed by atoms with E-state index in [2.05, 4.69) is 11.9 Å². The summed E-state index contributed by atoms with van der Waals surface area (Å²) >= 11 is 6.38. The summed E-state index contributed by atoms with van der Waals surface area (Å²) in [7, 11) is 1.65. The van der Waals surface area contributed by atoms with E-state index in [-0.39, 0.29) is 5.91 Å². The van der Waals surface area contributed by atoms with Gasteiger partial charge in [-0.2, -0.15) is 0 Å². The first-order valence-electron chi connectivity index (χ1n) is 9.52. The molecule has 0 bridgehead atoms. The van der Waals surface area contributed by atoms with E-state index in [9.17, 15) is 4.79 Å². The fraction of sp³-hybridized carbons (Fsp3) is 0.261. The largest absolute Gasteiger partial charge is 0.489 e. The lowest BCUT2D eigenvalue weighted by atomic mass is 10.2. The number of benzene rings is 2. The first-order chi connectivity index (χ1) is 14.2. The Morgan fingerprint density at radius 3 is 2.83 bits per heavy atom. The molecule has 1 N–H and O–H groups in total. The molecular formula is C23H25ClN2O3. The second-order valence-electron chi connectivity index (χ2n) is 6.60. The van der Waals surface area contributed by atoms with E-state index in [0.29, 0.717) is 42.8 Å². The van der Waals surface area contributed by atoms with Gasteiger partial charge in [-0.1, -0.05) is 48.5 Å². The van der Waals surface area contributed by atoms with Crippen molar-refractivity contribution in [2.24, 2.45) is 0 Å². The molecule has 0 unspecified atom stereocenters. The molecule has 29 heavy (non-hydrogen) atoms. The van der Waals surface area contributed by atoms with Crippen LogP contribution in [0.5, 0.6) is 5.75 Å². The molecule has 0 atom stereocenters. The summed E-state index contributed by atoms with van der Waals surface area (Å²) in [6, 6.07) is 15.3. The fourth-order valence-corrected chi connectivity index (χ4v) is 3.39. The molecule has 0 fully saturated rings. The quantitative estimate of drug-likeness (QED) is 0.388. The third-order valence-corrected chi connectivity index (χ3v) is 4.96. The maximum absolute atomic E-state index is 12.9. The Labute approximate surface area is 175 Å². The SMILES string of the molecule is C=CCOc1cccc2c1cc(C(=O)NCCCOC)n2Cc1ccccc1Cl. The summed E-state index contributed by atoms with van der Waals surface area (Å²) in [6.45, 7) is 5.72. The van der Waals surface area contributed by atoms with Crippen molar-refractivity contribution in [3.05, 3.63) is 77.5 Å². The van der Waals surface area contributed by atoms with Crippen LogP contribution in [0.25, 0.3) is 10.9 Å². The minimum atomic E-state index is -0.140. The minimum Gasteiger partial charge on any atom is -0.489 e. The average molecular weight is 413 g/mol. The molecule has 1 amide bonds. The molecular weight excluding hydrogens is 388 g/mol. The van der Waals surface area contributed by atoms with Crippen LogP contribution < -0.4 is 10.1 Å². The van der Waals surface area contributed by atoms with Crippen LogP contribution in [-0.4, -0.2) is 37.3 Å². The van der Waals surface area contributed by atoms with Gasteiger partial charge in [-0.05, 0) is 36.2 Å². The number of hydrogen-bond acceptors (Lipinski definition) is 3. The van der Waals surface area contributed by atoms with Crippen molar-refractivity contribution in [2.75, 3.05) is 26.9 Å². The Morgan fingerprint density at radius 1 is 1.24 bits per heavy atom. The van der Waals surface area contributed by atoms with Crippen LogP contribution in [0.2, 0.25) is 5.02 Å². The number of aromatic nitrogens is 1. The number of fused-ring (bicyclic) bond motifs is 1. The van der Waals surface area contributed by atoms with Crippen molar-refractivity contribution in [2.45, 2.75) is 13.0 Å². The Balaban J connectivity index is 2.01. The van der Waals surface area contributed by atoms with Gasteiger partial charge in [0.15, 0.2) is 0 Å². The van der Waals surface area contributed by atoms with Crippen LogP contribution >= 0.6 is 11.6 Å². The lowest BCUT2D eigenvalue weighted by Crippen LogP contribution is -2.27. The number of rotatable bonds is 10. The molecule has 3 aromatic rings. The molecule has 0 radical (unpaired) electrons. The summed E-state index contributed by atoms with van der Waals surface area (Å²) in [5.74, 6) is 0.577. The predicted molar refractivity (Wildman–Crippen MR) is 117 cm³/mol. The van der Waals surface area contributed by atoms with E-state index < -0.39 is 0 Å². The van der Waals surface area contributed by atoms with Crippen molar-refractivity contribution < 1.29 is 14.3 Å². The Morgan fingerprint density at radius 2 is 2.07 bits per heavy atom. The van der Waals surface area contributed by atoms with Gasteiger partial charge in [-0.3, -0.25) is 4.79 Å². The molecule has 6 heteroatoms. The van der Waals surface area contributed by atoms with Gasteiger partial charge in [0.1, 0.15) is 18.1 Å². The number of nitrogens with zero attached hydrogens (tertiary/aromatic N) is 1. The van der Waals surface area contributed by atoms with Gasteiger partial charge in [0.2, 0.25) is 0 Å². The van der Waals surface area contributed by atoms with E-state index in [1.807, 2.05) is 53.1 Å². The van der Waals surface area contributed by atoms with Gasteiger partial charge >= 0.3 is 0 Å². The van der Waals surface area contributed by atoms with E-state index in [0.717, 1.165) is 22.9 Å². The third kappa shape index (κ3) is 5.00. The predicted octanol–water partition coefficient (Wildman–Crippen LogP) is 4.67.